The first kappa shape index (κ1) is 17.6. The Morgan fingerprint density at radius 1 is 1.39 bits per heavy atom. The number of carbonyl (C=O) groups excluding carboxylic acids is 1. The van der Waals surface area contributed by atoms with Crippen molar-refractivity contribution in [1.82, 2.24) is 4.90 Å². The van der Waals surface area contributed by atoms with Gasteiger partial charge in [-0.3, -0.25) is 4.79 Å². The summed E-state index contributed by atoms with van der Waals surface area (Å²) in [5.41, 5.74) is -0.0625. The Labute approximate surface area is 138 Å². The third-order valence-corrected chi connectivity index (χ3v) is 4.01. The predicted octanol–water partition coefficient (Wildman–Crippen LogP) is 3.43. The minimum Gasteiger partial charge on any atom is -0.480 e. The van der Waals surface area contributed by atoms with Crippen LogP contribution in [0.2, 0.25) is 0 Å². The first-order valence-electron chi connectivity index (χ1n) is 6.71. The maximum atomic E-state index is 12.5. The van der Waals surface area contributed by atoms with E-state index < -0.39 is 30.0 Å². The van der Waals surface area contributed by atoms with Gasteiger partial charge in [-0.25, -0.2) is 4.79 Å². The lowest BCUT2D eigenvalue weighted by atomic mass is 10.1. The lowest BCUT2D eigenvalue weighted by Gasteiger charge is -2.26. The number of carboxylic acid groups (broad SMARTS) is 1. The molecule has 1 atom stereocenters. The number of ether oxygens (including phenoxy) is 1. The Morgan fingerprint density at radius 2 is 2.00 bits per heavy atom. The monoisotopic (exact) mass is 395 g/mol. The molecule has 1 saturated carbocycles. The van der Waals surface area contributed by atoms with Crippen molar-refractivity contribution < 1.29 is 32.6 Å². The molecule has 1 unspecified atom stereocenters. The van der Waals surface area contributed by atoms with Crippen LogP contribution in [0.4, 0.5) is 13.2 Å². The smallest absolute Gasteiger partial charge is 0.480 e. The Kier molecular flexibility index (Phi) is 4.88. The maximum Gasteiger partial charge on any atom is 0.573 e. The SMILES string of the molecule is CC(C(=O)O)N(C(=O)c1ccc(Br)c(OC(F)(F)F)c1)C1CC1. The van der Waals surface area contributed by atoms with Gasteiger partial charge in [0.25, 0.3) is 5.91 Å². The number of hydrogen-bond acceptors (Lipinski definition) is 3. The number of nitrogens with zero attached hydrogens (tertiary/aromatic N) is 1. The van der Waals surface area contributed by atoms with E-state index in [1.54, 1.807) is 0 Å². The number of halogens is 4. The molecule has 0 aromatic heterocycles. The largest absolute Gasteiger partial charge is 0.573 e. The summed E-state index contributed by atoms with van der Waals surface area (Å²) in [5.74, 6) is -2.36. The van der Waals surface area contributed by atoms with Crippen molar-refractivity contribution in [2.75, 3.05) is 0 Å². The van der Waals surface area contributed by atoms with Crippen LogP contribution < -0.4 is 4.74 Å². The highest BCUT2D eigenvalue weighted by Crippen LogP contribution is 2.34. The molecule has 23 heavy (non-hydrogen) atoms. The van der Waals surface area contributed by atoms with E-state index in [0.717, 1.165) is 6.07 Å². The van der Waals surface area contributed by atoms with E-state index in [1.165, 1.54) is 24.0 Å². The molecular weight excluding hydrogens is 383 g/mol. The highest BCUT2D eigenvalue weighted by Gasteiger charge is 2.39. The van der Waals surface area contributed by atoms with Crippen molar-refractivity contribution in [2.45, 2.75) is 38.2 Å². The van der Waals surface area contributed by atoms with Gasteiger partial charge in [-0.05, 0) is 53.9 Å². The maximum absolute atomic E-state index is 12.5. The second kappa shape index (κ2) is 6.38. The normalized spacial score (nSPS) is 15.9. The van der Waals surface area contributed by atoms with Crippen molar-refractivity contribution in [3.05, 3.63) is 28.2 Å². The average molecular weight is 396 g/mol. The van der Waals surface area contributed by atoms with E-state index in [-0.39, 0.29) is 16.1 Å². The number of hydrogen-bond donors (Lipinski definition) is 1. The van der Waals surface area contributed by atoms with Crippen LogP contribution in [-0.2, 0) is 4.79 Å². The molecule has 0 bridgehead atoms. The van der Waals surface area contributed by atoms with E-state index in [1.807, 2.05) is 0 Å². The van der Waals surface area contributed by atoms with Crippen LogP contribution in [0.3, 0.4) is 0 Å². The third kappa shape index (κ3) is 4.37. The molecule has 1 aliphatic carbocycles. The number of aliphatic carboxylic acids is 1. The quantitative estimate of drug-likeness (QED) is 0.829. The second-order valence-corrected chi connectivity index (χ2v) is 6.01. The molecule has 1 fully saturated rings. The van der Waals surface area contributed by atoms with Gasteiger partial charge in [-0.15, -0.1) is 13.2 Å². The summed E-state index contributed by atoms with van der Waals surface area (Å²) in [7, 11) is 0. The number of carboxylic acids is 1. The average Bonchev–Trinajstić information content (AvgIpc) is 3.24. The van der Waals surface area contributed by atoms with Gasteiger partial charge in [0.1, 0.15) is 11.8 Å². The Balaban J connectivity index is 2.31. The molecule has 1 N–H and O–H groups in total. The lowest BCUT2D eigenvalue weighted by Crippen LogP contribution is -2.44. The Morgan fingerprint density at radius 3 is 2.48 bits per heavy atom. The van der Waals surface area contributed by atoms with E-state index in [9.17, 15) is 22.8 Å². The molecule has 9 heteroatoms. The van der Waals surface area contributed by atoms with Crippen LogP contribution in [0.25, 0.3) is 0 Å². The number of benzene rings is 1. The van der Waals surface area contributed by atoms with E-state index in [4.69, 9.17) is 5.11 Å². The Hall–Kier alpha value is -1.77. The molecule has 5 nitrogen and oxygen atoms in total. The molecule has 126 valence electrons. The van der Waals surface area contributed by atoms with Crippen LogP contribution in [0.5, 0.6) is 5.75 Å². The van der Waals surface area contributed by atoms with Crippen LogP contribution in [0.1, 0.15) is 30.1 Å². The summed E-state index contributed by atoms with van der Waals surface area (Å²) in [6, 6.07) is 2.25. The fraction of sp³-hybridized carbons (Fsp3) is 0.429. The van der Waals surface area contributed by atoms with Gasteiger partial charge in [0.2, 0.25) is 0 Å². The van der Waals surface area contributed by atoms with Crippen molar-refractivity contribution in [3.8, 4) is 5.75 Å². The molecule has 0 saturated heterocycles. The van der Waals surface area contributed by atoms with Gasteiger partial charge in [-0.1, -0.05) is 0 Å². The molecule has 1 amide bonds. The minimum atomic E-state index is -4.89. The summed E-state index contributed by atoms with van der Waals surface area (Å²) >= 11 is 2.92. The zero-order chi connectivity index (χ0) is 17.4. The second-order valence-electron chi connectivity index (χ2n) is 5.15. The summed E-state index contributed by atoms with van der Waals surface area (Å²) < 4.78 is 41.0. The summed E-state index contributed by atoms with van der Waals surface area (Å²) in [6.45, 7) is 1.37. The number of rotatable bonds is 5. The first-order valence-corrected chi connectivity index (χ1v) is 7.50. The molecule has 0 aliphatic heterocycles. The van der Waals surface area contributed by atoms with E-state index in [0.29, 0.717) is 12.8 Å². The van der Waals surface area contributed by atoms with Crippen molar-refractivity contribution in [3.63, 3.8) is 0 Å². The minimum absolute atomic E-state index is 0.0376. The van der Waals surface area contributed by atoms with Crippen molar-refractivity contribution in [2.24, 2.45) is 0 Å². The van der Waals surface area contributed by atoms with Gasteiger partial charge in [-0.2, -0.15) is 0 Å². The zero-order valence-electron chi connectivity index (χ0n) is 11.9. The van der Waals surface area contributed by atoms with Crippen LogP contribution >= 0.6 is 15.9 Å². The van der Waals surface area contributed by atoms with Gasteiger partial charge >= 0.3 is 12.3 Å². The fourth-order valence-corrected chi connectivity index (χ4v) is 2.45. The molecule has 0 radical (unpaired) electrons. The predicted molar refractivity (Wildman–Crippen MR) is 77.1 cm³/mol. The fourth-order valence-electron chi connectivity index (χ4n) is 2.12. The van der Waals surface area contributed by atoms with Crippen LogP contribution in [0.15, 0.2) is 22.7 Å². The number of carbonyl (C=O) groups is 2. The summed E-state index contributed by atoms with van der Waals surface area (Å²) in [6.07, 6.45) is -3.55. The molecule has 1 aromatic rings. The molecule has 0 heterocycles. The molecule has 0 spiro atoms. The molecule has 1 aromatic carbocycles. The topological polar surface area (TPSA) is 66.8 Å². The highest BCUT2D eigenvalue weighted by atomic mass is 79.9. The highest BCUT2D eigenvalue weighted by molar-refractivity contribution is 9.10. The standard InChI is InChI=1S/C14H13BrF3NO4/c1-7(13(21)22)19(9-3-4-9)12(20)8-2-5-10(15)11(6-8)23-14(16,17)18/h2,5-7,9H,3-4H2,1H3,(H,21,22). The summed E-state index contributed by atoms with van der Waals surface area (Å²) in [4.78, 5) is 24.8. The molecule has 1 aliphatic rings. The van der Waals surface area contributed by atoms with Crippen LogP contribution in [0, 0.1) is 0 Å². The van der Waals surface area contributed by atoms with Gasteiger partial charge in [0.05, 0.1) is 4.47 Å². The third-order valence-electron chi connectivity index (χ3n) is 3.35. The number of alkyl halides is 3. The first-order chi connectivity index (χ1) is 10.6. The lowest BCUT2D eigenvalue weighted by molar-refractivity contribution is -0.274. The van der Waals surface area contributed by atoms with Crippen LogP contribution in [-0.4, -0.2) is 40.3 Å². The number of amides is 1. The summed E-state index contributed by atoms with van der Waals surface area (Å²) in [5, 5.41) is 9.10. The van der Waals surface area contributed by atoms with Gasteiger partial charge < -0.3 is 14.7 Å². The van der Waals surface area contributed by atoms with Crippen molar-refractivity contribution in [1.29, 1.82) is 0 Å². The van der Waals surface area contributed by atoms with E-state index >= 15 is 0 Å². The zero-order valence-corrected chi connectivity index (χ0v) is 13.5. The van der Waals surface area contributed by atoms with Gasteiger partial charge in [0.15, 0.2) is 0 Å². The van der Waals surface area contributed by atoms with Gasteiger partial charge in [0, 0.05) is 11.6 Å². The molecule has 2 rings (SSSR count). The Bertz CT molecular complexity index is 631. The molecular formula is C14H13BrF3NO4. The van der Waals surface area contributed by atoms with E-state index in [2.05, 4.69) is 20.7 Å². The van der Waals surface area contributed by atoms with Crippen molar-refractivity contribution >= 4 is 27.8 Å².